The molecule has 5 nitrogen and oxygen atoms in total. The number of nitrogens with two attached hydrogens (primary N) is 1. The van der Waals surface area contributed by atoms with E-state index in [1.807, 2.05) is 22.6 Å². The van der Waals surface area contributed by atoms with E-state index in [0.717, 1.165) is 0 Å². The molecule has 4 N–H and O–H groups in total. The fourth-order valence-electron chi connectivity index (χ4n) is 1.27. The van der Waals surface area contributed by atoms with Gasteiger partial charge in [-0.1, -0.05) is 0 Å². The molecule has 16 heavy (non-hydrogen) atoms. The highest BCUT2D eigenvalue weighted by molar-refractivity contribution is 14.1. The molecule has 0 spiro atoms. The van der Waals surface area contributed by atoms with Crippen LogP contribution >= 0.6 is 22.6 Å². The minimum atomic E-state index is -0.963. The lowest BCUT2D eigenvalue weighted by Gasteiger charge is -2.13. The van der Waals surface area contributed by atoms with E-state index in [-0.39, 0.29) is 12.2 Å². The van der Waals surface area contributed by atoms with Crippen molar-refractivity contribution >= 4 is 28.6 Å². The molecule has 0 bridgehead atoms. The summed E-state index contributed by atoms with van der Waals surface area (Å²) in [5.74, 6) is -0.633. The number of aromatic hydroxyl groups is 1. The molecule has 1 aromatic carbocycles. The summed E-state index contributed by atoms with van der Waals surface area (Å²) in [6.07, 6.45) is -0.163. The Bertz CT molecular complexity index is 408. The summed E-state index contributed by atoms with van der Waals surface area (Å²) in [5, 5.41) is 18.2. The first-order valence-corrected chi connectivity index (χ1v) is 5.57. The number of aliphatic carboxylic acids is 1. The summed E-state index contributed by atoms with van der Waals surface area (Å²) >= 11 is 1.93. The Morgan fingerprint density at radius 1 is 1.62 bits per heavy atom. The lowest BCUT2D eigenvalue weighted by Crippen LogP contribution is -2.15. The molecule has 1 rings (SSSR count). The number of hydrogen-bond donors (Lipinski definition) is 3. The number of carbonyl (C=O) groups is 1. The van der Waals surface area contributed by atoms with E-state index in [9.17, 15) is 9.90 Å². The van der Waals surface area contributed by atoms with Crippen molar-refractivity contribution in [3.8, 4) is 11.5 Å². The highest BCUT2D eigenvalue weighted by atomic mass is 127. The van der Waals surface area contributed by atoms with E-state index in [2.05, 4.69) is 0 Å². The van der Waals surface area contributed by atoms with Crippen molar-refractivity contribution in [2.75, 3.05) is 7.11 Å². The quantitative estimate of drug-likeness (QED) is 0.724. The van der Waals surface area contributed by atoms with Gasteiger partial charge in [-0.2, -0.15) is 0 Å². The highest BCUT2D eigenvalue weighted by Gasteiger charge is 2.15. The number of carboxylic acids is 1. The van der Waals surface area contributed by atoms with Crippen molar-refractivity contribution in [1.29, 1.82) is 0 Å². The fourth-order valence-corrected chi connectivity index (χ4v) is 1.89. The van der Waals surface area contributed by atoms with E-state index < -0.39 is 12.0 Å². The third-order valence-corrected chi connectivity index (χ3v) is 2.92. The van der Waals surface area contributed by atoms with Crippen molar-refractivity contribution in [1.82, 2.24) is 0 Å². The maximum Gasteiger partial charge on any atom is 0.305 e. The first-order valence-electron chi connectivity index (χ1n) is 4.49. The van der Waals surface area contributed by atoms with Gasteiger partial charge in [-0.05, 0) is 40.3 Å². The van der Waals surface area contributed by atoms with Gasteiger partial charge in [0.05, 0.1) is 17.1 Å². The predicted molar refractivity (Wildman–Crippen MR) is 66.6 cm³/mol. The van der Waals surface area contributed by atoms with Crippen LogP contribution in [0.3, 0.4) is 0 Å². The third kappa shape index (κ3) is 2.99. The molecule has 0 saturated carbocycles. The minimum absolute atomic E-state index is 0.0365. The Labute approximate surface area is 106 Å². The number of phenolic OH excluding ortho intramolecular Hbond substituents is 1. The van der Waals surface area contributed by atoms with Crippen molar-refractivity contribution in [2.45, 2.75) is 12.5 Å². The van der Waals surface area contributed by atoms with Crippen LogP contribution in [0.25, 0.3) is 0 Å². The summed E-state index contributed by atoms with van der Waals surface area (Å²) in [4.78, 5) is 10.5. The van der Waals surface area contributed by atoms with Crippen LogP contribution in [0.1, 0.15) is 18.0 Å². The minimum Gasteiger partial charge on any atom is -0.504 e. The van der Waals surface area contributed by atoms with Crippen LogP contribution in [-0.4, -0.2) is 23.3 Å². The molecule has 0 aliphatic carbocycles. The molecule has 0 saturated heterocycles. The molecule has 1 atom stereocenters. The first kappa shape index (κ1) is 13.0. The van der Waals surface area contributed by atoms with Gasteiger partial charge in [0.2, 0.25) is 0 Å². The Kier molecular flexibility index (Phi) is 4.36. The van der Waals surface area contributed by atoms with Gasteiger partial charge < -0.3 is 20.7 Å². The van der Waals surface area contributed by atoms with E-state index in [4.69, 9.17) is 15.6 Å². The van der Waals surface area contributed by atoms with Crippen molar-refractivity contribution in [2.24, 2.45) is 5.73 Å². The summed E-state index contributed by atoms with van der Waals surface area (Å²) < 4.78 is 5.54. The normalized spacial score (nSPS) is 12.2. The number of methoxy groups -OCH3 is 1. The molecule has 0 fully saturated rings. The number of benzene rings is 1. The summed E-state index contributed by atoms with van der Waals surface area (Å²) in [5.41, 5.74) is 6.34. The average molecular weight is 337 g/mol. The standard InChI is InChI=1S/C10H12INO4/c1-16-8-3-5(2-6(11)10(8)15)7(12)4-9(13)14/h2-3,7,15H,4,12H2,1H3,(H,13,14). The van der Waals surface area contributed by atoms with Crippen LogP contribution in [-0.2, 0) is 4.79 Å². The van der Waals surface area contributed by atoms with Gasteiger partial charge in [-0.15, -0.1) is 0 Å². The Balaban J connectivity index is 3.05. The lowest BCUT2D eigenvalue weighted by atomic mass is 10.0. The second-order valence-corrected chi connectivity index (χ2v) is 4.42. The van der Waals surface area contributed by atoms with Crippen LogP contribution in [0.15, 0.2) is 12.1 Å². The van der Waals surface area contributed by atoms with Crippen molar-refractivity contribution in [3.05, 3.63) is 21.3 Å². The van der Waals surface area contributed by atoms with Crippen LogP contribution < -0.4 is 10.5 Å². The molecule has 0 radical (unpaired) electrons. The van der Waals surface area contributed by atoms with Crippen molar-refractivity contribution < 1.29 is 19.7 Å². The second kappa shape index (κ2) is 5.35. The predicted octanol–water partition coefficient (Wildman–Crippen LogP) is 1.48. The van der Waals surface area contributed by atoms with Gasteiger partial charge in [0, 0.05) is 6.04 Å². The number of rotatable bonds is 4. The number of carboxylic acid groups (broad SMARTS) is 1. The molecule has 0 heterocycles. The van der Waals surface area contributed by atoms with Gasteiger partial charge in [0.15, 0.2) is 11.5 Å². The molecule has 0 aromatic heterocycles. The number of halogens is 1. The zero-order valence-corrected chi connectivity index (χ0v) is 10.8. The first-order chi connectivity index (χ1) is 7.45. The monoisotopic (exact) mass is 337 g/mol. The van der Waals surface area contributed by atoms with Crippen LogP contribution in [0, 0.1) is 3.57 Å². The molecular formula is C10H12INO4. The molecule has 0 amide bonds. The molecule has 88 valence electrons. The van der Waals surface area contributed by atoms with Gasteiger partial charge in [0.25, 0.3) is 0 Å². The van der Waals surface area contributed by atoms with Crippen LogP contribution in [0.4, 0.5) is 0 Å². The van der Waals surface area contributed by atoms with Gasteiger partial charge in [-0.3, -0.25) is 4.79 Å². The number of phenols is 1. The molecular weight excluding hydrogens is 325 g/mol. The topological polar surface area (TPSA) is 92.8 Å². The zero-order chi connectivity index (χ0) is 12.3. The van der Waals surface area contributed by atoms with Crippen molar-refractivity contribution in [3.63, 3.8) is 0 Å². The molecule has 1 unspecified atom stereocenters. The fraction of sp³-hybridized carbons (Fsp3) is 0.300. The Hall–Kier alpha value is -1.02. The smallest absolute Gasteiger partial charge is 0.305 e. The SMILES string of the molecule is COc1cc(C(N)CC(=O)O)cc(I)c1O. The average Bonchev–Trinajstić information content (AvgIpc) is 2.20. The molecule has 0 aliphatic heterocycles. The van der Waals surface area contributed by atoms with E-state index in [0.29, 0.717) is 14.9 Å². The number of hydrogen-bond acceptors (Lipinski definition) is 4. The van der Waals surface area contributed by atoms with E-state index in [1.165, 1.54) is 7.11 Å². The molecule has 0 aliphatic rings. The maximum atomic E-state index is 10.5. The van der Waals surface area contributed by atoms with Gasteiger partial charge in [0.1, 0.15) is 0 Å². The number of ether oxygens (including phenoxy) is 1. The molecule has 1 aromatic rings. The van der Waals surface area contributed by atoms with Crippen LogP contribution in [0.5, 0.6) is 11.5 Å². The Morgan fingerprint density at radius 2 is 2.25 bits per heavy atom. The molecule has 6 heteroatoms. The second-order valence-electron chi connectivity index (χ2n) is 3.26. The highest BCUT2D eigenvalue weighted by Crippen LogP contribution is 2.34. The zero-order valence-electron chi connectivity index (χ0n) is 8.61. The summed E-state index contributed by atoms with van der Waals surface area (Å²) in [6, 6.07) is 2.58. The van der Waals surface area contributed by atoms with E-state index in [1.54, 1.807) is 12.1 Å². The van der Waals surface area contributed by atoms with Gasteiger partial charge in [-0.25, -0.2) is 0 Å². The maximum absolute atomic E-state index is 10.5. The Morgan fingerprint density at radius 3 is 2.75 bits per heavy atom. The van der Waals surface area contributed by atoms with Gasteiger partial charge >= 0.3 is 5.97 Å². The summed E-state index contributed by atoms with van der Waals surface area (Å²) in [6.45, 7) is 0. The lowest BCUT2D eigenvalue weighted by molar-refractivity contribution is -0.137. The largest absolute Gasteiger partial charge is 0.504 e. The third-order valence-electron chi connectivity index (χ3n) is 2.09. The van der Waals surface area contributed by atoms with E-state index >= 15 is 0 Å². The summed E-state index contributed by atoms with van der Waals surface area (Å²) in [7, 11) is 1.43. The van der Waals surface area contributed by atoms with Crippen LogP contribution in [0.2, 0.25) is 0 Å².